The molecule has 1 aliphatic rings. The van der Waals surface area contributed by atoms with Gasteiger partial charge in [-0.1, -0.05) is 50.8 Å². The Morgan fingerprint density at radius 2 is 1.62 bits per heavy atom. The van der Waals surface area contributed by atoms with Crippen LogP contribution in [0, 0.1) is 5.41 Å². The SMILES string of the molecule is C=CCC1(CC=CCCCCCCC)COC(C)(C)OC1. The maximum Gasteiger partial charge on any atom is 0.162 e. The summed E-state index contributed by atoms with van der Waals surface area (Å²) in [5.74, 6) is -0.437. The summed E-state index contributed by atoms with van der Waals surface area (Å²) < 4.78 is 11.7. The lowest BCUT2D eigenvalue weighted by atomic mass is 9.81. The average molecular weight is 294 g/mol. The van der Waals surface area contributed by atoms with Crippen molar-refractivity contribution in [2.45, 2.75) is 77.9 Å². The molecular weight excluding hydrogens is 260 g/mol. The predicted octanol–water partition coefficient (Wildman–Crippen LogP) is 5.64. The van der Waals surface area contributed by atoms with E-state index >= 15 is 0 Å². The van der Waals surface area contributed by atoms with Gasteiger partial charge in [-0.15, -0.1) is 6.58 Å². The quantitative estimate of drug-likeness (QED) is 0.383. The lowest BCUT2D eigenvalue weighted by Crippen LogP contribution is -2.46. The molecule has 1 heterocycles. The topological polar surface area (TPSA) is 18.5 Å². The van der Waals surface area contributed by atoms with Crippen molar-refractivity contribution >= 4 is 0 Å². The van der Waals surface area contributed by atoms with E-state index in [0.29, 0.717) is 0 Å². The molecule has 1 aliphatic heterocycles. The largest absolute Gasteiger partial charge is 0.350 e. The molecule has 0 amide bonds. The molecule has 1 saturated heterocycles. The summed E-state index contributed by atoms with van der Waals surface area (Å²) in [4.78, 5) is 0. The van der Waals surface area contributed by atoms with Gasteiger partial charge in [0.1, 0.15) is 0 Å². The van der Waals surface area contributed by atoms with Crippen molar-refractivity contribution in [2.75, 3.05) is 13.2 Å². The highest BCUT2D eigenvalue weighted by molar-refractivity contribution is 4.96. The second kappa shape index (κ2) is 9.42. The fourth-order valence-electron chi connectivity index (χ4n) is 2.68. The zero-order chi connectivity index (χ0) is 15.6. The first-order valence-electron chi connectivity index (χ1n) is 8.57. The van der Waals surface area contributed by atoms with Crippen LogP contribution < -0.4 is 0 Å². The van der Waals surface area contributed by atoms with Gasteiger partial charge >= 0.3 is 0 Å². The van der Waals surface area contributed by atoms with Crippen molar-refractivity contribution in [1.82, 2.24) is 0 Å². The molecule has 2 heteroatoms. The van der Waals surface area contributed by atoms with Gasteiger partial charge in [-0.05, 0) is 39.5 Å². The maximum absolute atomic E-state index is 5.85. The minimum atomic E-state index is -0.437. The fourth-order valence-corrected chi connectivity index (χ4v) is 2.68. The highest BCUT2D eigenvalue weighted by Gasteiger charge is 2.38. The lowest BCUT2D eigenvalue weighted by molar-refractivity contribution is -0.284. The molecule has 0 unspecified atom stereocenters. The first-order valence-corrected chi connectivity index (χ1v) is 8.57. The molecule has 0 radical (unpaired) electrons. The predicted molar refractivity (Wildman–Crippen MR) is 90.4 cm³/mol. The van der Waals surface area contributed by atoms with Crippen LogP contribution in [-0.2, 0) is 9.47 Å². The molecule has 0 spiro atoms. The molecule has 0 saturated carbocycles. The van der Waals surface area contributed by atoms with E-state index in [4.69, 9.17) is 9.47 Å². The second-order valence-electron chi connectivity index (χ2n) is 6.85. The van der Waals surface area contributed by atoms with Crippen LogP contribution in [-0.4, -0.2) is 19.0 Å². The third-order valence-corrected chi connectivity index (χ3v) is 4.22. The summed E-state index contributed by atoms with van der Waals surface area (Å²) in [7, 11) is 0. The fraction of sp³-hybridized carbons (Fsp3) is 0.789. The summed E-state index contributed by atoms with van der Waals surface area (Å²) in [6, 6.07) is 0. The third kappa shape index (κ3) is 7.28. The van der Waals surface area contributed by atoms with E-state index in [2.05, 4.69) is 25.7 Å². The van der Waals surface area contributed by atoms with Gasteiger partial charge in [0.25, 0.3) is 0 Å². The minimum Gasteiger partial charge on any atom is -0.350 e. The van der Waals surface area contributed by atoms with Gasteiger partial charge in [-0.2, -0.15) is 0 Å². The highest BCUT2D eigenvalue weighted by Crippen LogP contribution is 2.36. The Labute approximate surface area is 131 Å². The van der Waals surface area contributed by atoms with Gasteiger partial charge < -0.3 is 9.47 Å². The van der Waals surface area contributed by atoms with Gasteiger partial charge in [0.05, 0.1) is 13.2 Å². The molecule has 0 aromatic heterocycles. The molecule has 0 N–H and O–H groups in total. The van der Waals surface area contributed by atoms with Crippen LogP contribution in [0.1, 0.15) is 72.1 Å². The van der Waals surface area contributed by atoms with Crippen LogP contribution in [0.2, 0.25) is 0 Å². The number of hydrogen-bond donors (Lipinski definition) is 0. The molecule has 0 atom stereocenters. The first-order chi connectivity index (χ1) is 10.0. The van der Waals surface area contributed by atoms with E-state index in [-0.39, 0.29) is 5.41 Å². The summed E-state index contributed by atoms with van der Waals surface area (Å²) in [6.07, 6.45) is 16.5. The van der Waals surface area contributed by atoms with Crippen LogP contribution in [0.5, 0.6) is 0 Å². The zero-order valence-corrected chi connectivity index (χ0v) is 14.3. The molecule has 0 bridgehead atoms. The van der Waals surface area contributed by atoms with Crippen molar-refractivity contribution in [3.8, 4) is 0 Å². The Hall–Kier alpha value is -0.600. The van der Waals surface area contributed by atoms with Crippen LogP contribution >= 0.6 is 0 Å². The molecule has 1 fully saturated rings. The molecular formula is C19H34O2. The van der Waals surface area contributed by atoms with E-state index in [9.17, 15) is 0 Å². The number of hydrogen-bond acceptors (Lipinski definition) is 2. The summed E-state index contributed by atoms with van der Waals surface area (Å²) in [6.45, 7) is 11.6. The van der Waals surface area contributed by atoms with Crippen molar-refractivity contribution in [1.29, 1.82) is 0 Å². The molecule has 2 nitrogen and oxygen atoms in total. The van der Waals surface area contributed by atoms with Crippen LogP contribution in [0.25, 0.3) is 0 Å². The normalized spacial score (nSPS) is 20.7. The van der Waals surface area contributed by atoms with Gasteiger partial charge in [0.2, 0.25) is 0 Å². The lowest BCUT2D eigenvalue weighted by Gasteiger charge is -2.42. The molecule has 0 aliphatic carbocycles. The van der Waals surface area contributed by atoms with E-state index in [1.807, 2.05) is 19.9 Å². The molecule has 21 heavy (non-hydrogen) atoms. The van der Waals surface area contributed by atoms with Gasteiger partial charge in [0.15, 0.2) is 5.79 Å². The van der Waals surface area contributed by atoms with E-state index in [1.54, 1.807) is 0 Å². The summed E-state index contributed by atoms with van der Waals surface area (Å²) >= 11 is 0. The van der Waals surface area contributed by atoms with Gasteiger partial charge in [0, 0.05) is 5.41 Å². The van der Waals surface area contributed by atoms with Crippen LogP contribution in [0.4, 0.5) is 0 Å². The maximum atomic E-state index is 5.85. The van der Waals surface area contributed by atoms with Gasteiger partial charge in [-0.25, -0.2) is 0 Å². The Morgan fingerprint density at radius 1 is 0.952 bits per heavy atom. The van der Waals surface area contributed by atoms with Gasteiger partial charge in [-0.3, -0.25) is 0 Å². The van der Waals surface area contributed by atoms with Crippen molar-refractivity contribution < 1.29 is 9.47 Å². The molecule has 1 rings (SSSR count). The van der Waals surface area contributed by atoms with Crippen LogP contribution in [0.15, 0.2) is 24.8 Å². The number of ether oxygens (including phenoxy) is 2. The van der Waals surface area contributed by atoms with E-state index in [0.717, 1.165) is 26.1 Å². The summed E-state index contributed by atoms with van der Waals surface area (Å²) in [5.41, 5.74) is 0.0793. The third-order valence-electron chi connectivity index (χ3n) is 4.22. The Morgan fingerprint density at radius 3 is 2.24 bits per heavy atom. The monoisotopic (exact) mass is 294 g/mol. The minimum absolute atomic E-state index is 0.0793. The van der Waals surface area contributed by atoms with Crippen LogP contribution in [0.3, 0.4) is 0 Å². The zero-order valence-electron chi connectivity index (χ0n) is 14.3. The van der Waals surface area contributed by atoms with E-state index < -0.39 is 5.79 Å². The van der Waals surface area contributed by atoms with Crippen molar-refractivity contribution in [2.24, 2.45) is 5.41 Å². The number of unbranched alkanes of at least 4 members (excludes halogenated alkanes) is 5. The standard InChI is InChI=1S/C19H34O2/c1-5-7-8-9-10-11-12-13-15-19(14-6-2)16-20-18(3,4)21-17-19/h6,12-13H,2,5,7-11,14-17H2,1,3-4H3. The smallest absolute Gasteiger partial charge is 0.162 e. The van der Waals surface area contributed by atoms with E-state index in [1.165, 1.54) is 38.5 Å². The Bertz CT molecular complexity index is 308. The molecule has 0 aromatic rings. The summed E-state index contributed by atoms with van der Waals surface area (Å²) in [5, 5.41) is 0. The highest BCUT2D eigenvalue weighted by atomic mass is 16.7. The molecule has 122 valence electrons. The number of rotatable bonds is 10. The van der Waals surface area contributed by atoms with Crippen molar-refractivity contribution in [3.63, 3.8) is 0 Å². The Balaban J connectivity index is 2.30. The first kappa shape index (κ1) is 18.4. The number of allylic oxidation sites excluding steroid dienone is 3. The average Bonchev–Trinajstić information content (AvgIpc) is 2.45. The van der Waals surface area contributed by atoms with Crippen molar-refractivity contribution in [3.05, 3.63) is 24.8 Å². The Kier molecular flexibility index (Phi) is 8.28. The second-order valence-corrected chi connectivity index (χ2v) is 6.85. The molecule has 0 aromatic carbocycles.